The lowest BCUT2D eigenvalue weighted by Gasteiger charge is -2.09. The highest BCUT2D eigenvalue weighted by Crippen LogP contribution is 2.23. The van der Waals surface area contributed by atoms with E-state index in [1.165, 1.54) is 4.88 Å². The molecule has 0 aliphatic heterocycles. The van der Waals surface area contributed by atoms with Crippen LogP contribution >= 0.6 is 35.2 Å². The minimum absolute atomic E-state index is 0.363. The largest absolute Gasteiger partial charge is 0.389 e. The van der Waals surface area contributed by atoms with Crippen LogP contribution < -0.4 is 11.1 Å². The van der Waals surface area contributed by atoms with Gasteiger partial charge >= 0.3 is 0 Å². The van der Waals surface area contributed by atoms with Crippen molar-refractivity contribution < 1.29 is 0 Å². The Bertz CT molecular complexity index is 538. The van der Waals surface area contributed by atoms with E-state index in [0.29, 0.717) is 10.0 Å². The standard InChI is InChI=1S/C13H13ClN2S2/c14-11-8-9(13(15)17)3-4-12(11)16-6-5-10-2-1-7-18-10/h1-4,7-8,16H,5-6H2,(H2,15,17). The maximum atomic E-state index is 6.16. The Kier molecular flexibility index (Phi) is 4.58. The van der Waals surface area contributed by atoms with Crippen molar-refractivity contribution in [3.05, 3.63) is 51.2 Å². The number of hydrogen-bond donors (Lipinski definition) is 2. The molecule has 2 rings (SSSR count). The van der Waals surface area contributed by atoms with Gasteiger partial charge in [0.1, 0.15) is 4.99 Å². The number of benzene rings is 1. The van der Waals surface area contributed by atoms with Crippen molar-refractivity contribution in [1.82, 2.24) is 0 Å². The summed E-state index contributed by atoms with van der Waals surface area (Å²) in [5.41, 5.74) is 7.25. The van der Waals surface area contributed by atoms with Gasteiger partial charge in [0.15, 0.2) is 0 Å². The molecular formula is C13H13ClN2S2. The van der Waals surface area contributed by atoms with Gasteiger partial charge in [-0.25, -0.2) is 0 Å². The molecule has 1 heterocycles. The van der Waals surface area contributed by atoms with Gasteiger partial charge in [0.2, 0.25) is 0 Å². The first-order chi connectivity index (χ1) is 8.66. The van der Waals surface area contributed by atoms with Gasteiger partial charge in [0.25, 0.3) is 0 Å². The summed E-state index contributed by atoms with van der Waals surface area (Å²) < 4.78 is 0. The second kappa shape index (κ2) is 6.18. The van der Waals surface area contributed by atoms with E-state index in [1.54, 1.807) is 17.4 Å². The Morgan fingerprint density at radius 2 is 2.22 bits per heavy atom. The topological polar surface area (TPSA) is 38.0 Å². The van der Waals surface area contributed by atoms with E-state index in [2.05, 4.69) is 22.8 Å². The van der Waals surface area contributed by atoms with Crippen molar-refractivity contribution in [2.75, 3.05) is 11.9 Å². The van der Waals surface area contributed by atoms with Gasteiger partial charge in [0, 0.05) is 17.0 Å². The number of halogens is 1. The van der Waals surface area contributed by atoms with Crippen LogP contribution in [0.2, 0.25) is 5.02 Å². The molecule has 0 radical (unpaired) electrons. The SMILES string of the molecule is NC(=S)c1ccc(NCCc2cccs2)c(Cl)c1. The summed E-state index contributed by atoms with van der Waals surface area (Å²) in [7, 11) is 0. The fourth-order valence-electron chi connectivity index (χ4n) is 1.59. The predicted octanol–water partition coefficient (Wildman–Crippen LogP) is 3.69. The fraction of sp³-hybridized carbons (Fsp3) is 0.154. The normalized spacial score (nSPS) is 10.3. The molecule has 0 unspecified atom stereocenters. The van der Waals surface area contributed by atoms with Crippen LogP contribution in [0.25, 0.3) is 0 Å². The van der Waals surface area contributed by atoms with Gasteiger partial charge in [-0.2, -0.15) is 0 Å². The quantitative estimate of drug-likeness (QED) is 0.827. The molecule has 0 saturated heterocycles. The van der Waals surface area contributed by atoms with Crippen molar-refractivity contribution in [2.24, 2.45) is 5.73 Å². The molecule has 0 aliphatic rings. The smallest absolute Gasteiger partial charge is 0.104 e. The molecule has 0 spiro atoms. The van der Waals surface area contributed by atoms with Crippen LogP contribution in [0.15, 0.2) is 35.7 Å². The van der Waals surface area contributed by atoms with E-state index in [9.17, 15) is 0 Å². The molecule has 1 aromatic heterocycles. The predicted molar refractivity (Wildman–Crippen MR) is 83.9 cm³/mol. The molecule has 18 heavy (non-hydrogen) atoms. The van der Waals surface area contributed by atoms with Crippen molar-refractivity contribution >= 4 is 45.8 Å². The van der Waals surface area contributed by atoms with E-state index in [4.69, 9.17) is 29.6 Å². The minimum Gasteiger partial charge on any atom is -0.389 e. The van der Waals surface area contributed by atoms with Gasteiger partial charge in [-0.05, 0) is 36.1 Å². The molecule has 3 N–H and O–H groups in total. The van der Waals surface area contributed by atoms with Crippen molar-refractivity contribution in [3.63, 3.8) is 0 Å². The van der Waals surface area contributed by atoms with Crippen molar-refractivity contribution in [1.29, 1.82) is 0 Å². The van der Waals surface area contributed by atoms with Crippen LogP contribution in [0, 0.1) is 0 Å². The van der Waals surface area contributed by atoms with Crippen LogP contribution in [-0.4, -0.2) is 11.5 Å². The number of nitrogens with two attached hydrogens (primary N) is 1. The molecule has 0 fully saturated rings. The summed E-state index contributed by atoms with van der Waals surface area (Å²) in [6.45, 7) is 0.854. The van der Waals surface area contributed by atoms with Crippen molar-refractivity contribution in [3.8, 4) is 0 Å². The monoisotopic (exact) mass is 296 g/mol. The zero-order valence-electron chi connectivity index (χ0n) is 9.65. The molecule has 0 amide bonds. The first-order valence-electron chi connectivity index (χ1n) is 5.52. The zero-order chi connectivity index (χ0) is 13.0. The summed E-state index contributed by atoms with van der Waals surface area (Å²) in [6, 6.07) is 9.76. The van der Waals surface area contributed by atoms with Crippen LogP contribution in [0.1, 0.15) is 10.4 Å². The third kappa shape index (κ3) is 3.45. The van der Waals surface area contributed by atoms with Gasteiger partial charge in [-0.1, -0.05) is 29.9 Å². The maximum Gasteiger partial charge on any atom is 0.104 e. The third-order valence-corrected chi connectivity index (χ3v) is 4.01. The van der Waals surface area contributed by atoms with E-state index in [1.807, 2.05) is 12.1 Å². The molecule has 0 aliphatic carbocycles. The average molecular weight is 297 g/mol. The highest BCUT2D eigenvalue weighted by molar-refractivity contribution is 7.80. The fourth-order valence-corrected chi connectivity index (χ4v) is 2.67. The molecule has 2 nitrogen and oxygen atoms in total. The number of thiocarbonyl (C=S) groups is 1. The van der Waals surface area contributed by atoms with Gasteiger partial charge in [-0.3, -0.25) is 0 Å². The number of nitrogens with one attached hydrogen (secondary N) is 1. The van der Waals surface area contributed by atoms with Crippen molar-refractivity contribution in [2.45, 2.75) is 6.42 Å². The zero-order valence-corrected chi connectivity index (χ0v) is 12.0. The lowest BCUT2D eigenvalue weighted by molar-refractivity contribution is 1.04. The first kappa shape index (κ1) is 13.3. The van der Waals surface area contributed by atoms with Gasteiger partial charge < -0.3 is 11.1 Å². The molecule has 2 aromatic rings. The second-order valence-corrected chi connectivity index (χ2v) is 5.69. The Hall–Kier alpha value is -1.10. The molecule has 0 bridgehead atoms. The summed E-state index contributed by atoms with van der Waals surface area (Å²) in [5.74, 6) is 0. The van der Waals surface area contributed by atoms with Crippen LogP contribution in [0.5, 0.6) is 0 Å². The lowest BCUT2D eigenvalue weighted by Crippen LogP contribution is -2.10. The molecule has 0 saturated carbocycles. The molecular weight excluding hydrogens is 284 g/mol. The van der Waals surface area contributed by atoms with E-state index >= 15 is 0 Å². The summed E-state index contributed by atoms with van der Waals surface area (Å²) in [5, 5.41) is 6.04. The molecule has 1 aromatic carbocycles. The van der Waals surface area contributed by atoms with E-state index in [-0.39, 0.29) is 0 Å². The summed E-state index contributed by atoms with van der Waals surface area (Å²) in [6.07, 6.45) is 0.991. The van der Waals surface area contributed by atoms with Crippen LogP contribution in [-0.2, 0) is 6.42 Å². The number of anilines is 1. The van der Waals surface area contributed by atoms with E-state index in [0.717, 1.165) is 24.2 Å². The Morgan fingerprint density at radius 3 is 2.83 bits per heavy atom. The number of rotatable bonds is 5. The second-order valence-electron chi connectivity index (χ2n) is 3.82. The first-order valence-corrected chi connectivity index (χ1v) is 7.19. The van der Waals surface area contributed by atoms with Gasteiger partial charge in [-0.15, -0.1) is 11.3 Å². The maximum absolute atomic E-state index is 6.16. The lowest BCUT2D eigenvalue weighted by atomic mass is 10.2. The average Bonchev–Trinajstić information content (AvgIpc) is 2.84. The van der Waals surface area contributed by atoms with E-state index < -0.39 is 0 Å². The summed E-state index contributed by atoms with van der Waals surface area (Å²) >= 11 is 12.8. The Labute approximate surface area is 121 Å². The van der Waals surface area contributed by atoms with Gasteiger partial charge in [0.05, 0.1) is 10.7 Å². The van der Waals surface area contributed by atoms with Crippen LogP contribution in [0.3, 0.4) is 0 Å². The number of thiophene rings is 1. The Morgan fingerprint density at radius 1 is 1.39 bits per heavy atom. The summed E-state index contributed by atoms with van der Waals surface area (Å²) in [4.78, 5) is 1.72. The molecule has 0 atom stereocenters. The van der Waals surface area contributed by atoms with Crippen LogP contribution in [0.4, 0.5) is 5.69 Å². The minimum atomic E-state index is 0.363. The molecule has 5 heteroatoms. The molecule has 94 valence electrons. The highest BCUT2D eigenvalue weighted by Gasteiger charge is 2.03. The number of hydrogen-bond acceptors (Lipinski definition) is 3. The third-order valence-electron chi connectivity index (χ3n) is 2.52. The highest BCUT2D eigenvalue weighted by atomic mass is 35.5. The Balaban J connectivity index is 1.95.